The van der Waals surface area contributed by atoms with Gasteiger partial charge in [-0.2, -0.15) is 0 Å². The van der Waals surface area contributed by atoms with Crippen LogP contribution in [-0.4, -0.2) is 15.0 Å². The van der Waals surface area contributed by atoms with Crippen molar-refractivity contribution in [3.8, 4) is 67.5 Å². The largest absolute Gasteiger partial charge is 0.456 e. The van der Waals surface area contributed by atoms with Crippen LogP contribution >= 0.6 is 0 Å². The van der Waals surface area contributed by atoms with Gasteiger partial charge in [-0.3, -0.25) is 0 Å². The fourth-order valence-corrected chi connectivity index (χ4v) is 7.78. The molecule has 5 heteroatoms. The fraction of sp³-hybridized carbons (Fsp3) is 0. The predicted octanol–water partition coefficient (Wildman–Crippen LogP) is 13.7. The van der Waals surface area contributed by atoms with Gasteiger partial charge < -0.3 is 8.83 Å². The molecule has 262 valence electrons. The van der Waals surface area contributed by atoms with E-state index in [0.29, 0.717) is 17.5 Å². The van der Waals surface area contributed by atoms with Gasteiger partial charge in [-0.1, -0.05) is 146 Å². The first-order valence-corrected chi connectivity index (χ1v) is 18.7. The van der Waals surface area contributed by atoms with Crippen LogP contribution in [0.15, 0.2) is 197 Å². The molecule has 0 atom stereocenters. The topological polar surface area (TPSA) is 65.0 Å². The minimum absolute atomic E-state index is 0.617. The Morgan fingerprint density at radius 3 is 1.46 bits per heavy atom. The Labute approximate surface area is 322 Å². The summed E-state index contributed by atoms with van der Waals surface area (Å²) in [5.41, 5.74) is 12.7. The first kappa shape index (κ1) is 31.9. The zero-order chi connectivity index (χ0) is 37.0. The van der Waals surface area contributed by atoms with E-state index in [2.05, 4.69) is 121 Å². The molecule has 0 fully saturated rings. The van der Waals surface area contributed by atoms with E-state index in [-0.39, 0.29) is 0 Å². The van der Waals surface area contributed by atoms with E-state index in [1.54, 1.807) is 0 Å². The number of hydrogen-bond donors (Lipinski definition) is 0. The van der Waals surface area contributed by atoms with Gasteiger partial charge in [-0.05, 0) is 69.8 Å². The Morgan fingerprint density at radius 2 is 0.732 bits per heavy atom. The molecule has 0 N–H and O–H groups in total. The fourth-order valence-electron chi connectivity index (χ4n) is 7.78. The van der Waals surface area contributed by atoms with Gasteiger partial charge in [0.05, 0.1) is 0 Å². The molecule has 5 nitrogen and oxygen atoms in total. The smallest absolute Gasteiger partial charge is 0.164 e. The highest BCUT2D eigenvalue weighted by molar-refractivity contribution is 6.15. The predicted molar refractivity (Wildman–Crippen MR) is 227 cm³/mol. The molecule has 0 aliphatic heterocycles. The summed E-state index contributed by atoms with van der Waals surface area (Å²) >= 11 is 0. The van der Waals surface area contributed by atoms with Crippen molar-refractivity contribution in [2.24, 2.45) is 0 Å². The number of aromatic nitrogens is 3. The summed E-state index contributed by atoms with van der Waals surface area (Å²) in [6.07, 6.45) is 0. The van der Waals surface area contributed by atoms with Crippen molar-refractivity contribution in [3.05, 3.63) is 188 Å². The summed E-state index contributed by atoms with van der Waals surface area (Å²) in [6.45, 7) is 0. The van der Waals surface area contributed by atoms with Gasteiger partial charge in [0, 0.05) is 44.3 Å². The molecule has 0 aliphatic carbocycles. The molecule has 56 heavy (non-hydrogen) atoms. The molecular formula is C51H31N3O2. The van der Waals surface area contributed by atoms with E-state index < -0.39 is 0 Å². The summed E-state index contributed by atoms with van der Waals surface area (Å²) in [5, 5.41) is 4.34. The Balaban J connectivity index is 0.994. The van der Waals surface area contributed by atoms with Crippen molar-refractivity contribution in [2.45, 2.75) is 0 Å². The van der Waals surface area contributed by atoms with Crippen molar-refractivity contribution < 1.29 is 8.83 Å². The van der Waals surface area contributed by atoms with Gasteiger partial charge in [0.25, 0.3) is 0 Å². The lowest BCUT2D eigenvalue weighted by Crippen LogP contribution is -2.01. The molecule has 0 radical (unpaired) electrons. The number of furan rings is 2. The SMILES string of the molecule is c1ccc(-c2nc(-c3cccc(-c4cccc(-c5ccc6oc7cc8oc9ccccc9c8cc7c6c5)c4)c3)nc(-c3ccccc3-c3ccccc3)n2)cc1. The molecule has 0 bridgehead atoms. The monoisotopic (exact) mass is 717 g/mol. The van der Waals surface area contributed by atoms with Gasteiger partial charge >= 0.3 is 0 Å². The second-order valence-corrected chi connectivity index (χ2v) is 14.0. The summed E-state index contributed by atoms with van der Waals surface area (Å²) in [4.78, 5) is 15.2. The molecule has 8 aromatic carbocycles. The minimum Gasteiger partial charge on any atom is -0.456 e. The molecule has 0 aliphatic rings. The molecule has 0 amide bonds. The van der Waals surface area contributed by atoms with Crippen LogP contribution in [0.5, 0.6) is 0 Å². The highest BCUT2D eigenvalue weighted by Gasteiger charge is 2.17. The van der Waals surface area contributed by atoms with Crippen molar-refractivity contribution in [3.63, 3.8) is 0 Å². The number of fused-ring (bicyclic) bond motifs is 6. The number of hydrogen-bond acceptors (Lipinski definition) is 5. The van der Waals surface area contributed by atoms with Crippen LogP contribution in [0.1, 0.15) is 0 Å². The van der Waals surface area contributed by atoms with Crippen molar-refractivity contribution >= 4 is 43.9 Å². The molecule has 11 rings (SSSR count). The Hall–Kier alpha value is -7.63. The van der Waals surface area contributed by atoms with Crippen LogP contribution in [0.3, 0.4) is 0 Å². The van der Waals surface area contributed by atoms with E-state index in [1.807, 2.05) is 66.7 Å². The van der Waals surface area contributed by atoms with Gasteiger partial charge in [0.15, 0.2) is 17.5 Å². The Morgan fingerprint density at radius 1 is 0.250 bits per heavy atom. The van der Waals surface area contributed by atoms with Crippen LogP contribution in [0.4, 0.5) is 0 Å². The first-order valence-electron chi connectivity index (χ1n) is 18.7. The molecule has 0 saturated carbocycles. The van der Waals surface area contributed by atoms with Crippen LogP contribution < -0.4 is 0 Å². The summed E-state index contributed by atoms with van der Waals surface area (Å²) in [5.74, 6) is 1.88. The van der Waals surface area contributed by atoms with Crippen molar-refractivity contribution in [1.29, 1.82) is 0 Å². The third kappa shape index (κ3) is 5.53. The van der Waals surface area contributed by atoms with E-state index in [0.717, 1.165) is 93.9 Å². The standard InChI is InChI=1S/C51H31N3O2/c1-3-13-32(14-4-1)39-21-7-8-23-41(39)51-53-49(33-15-5-2-6-16-33)52-50(54-51)38-20-12-19-36(28-38)34-17-11-18-35(27-34)37-25-26-46-42(29-37)44-30-43-40-22-9-10-24-45(40)55-47(43)31-48(44)56-46/h1-31H. The Kier molecular flexibility index (Phi) is 7.42. The van der Waals surface area contributed by atoms with Crippen LogP contribution in [-0.2, 0) is 0 Å². The lowest BCUT2D eigenvalue weighted by Gasteiger charge is -2.12. The first-order chi connectivity index (χ1) is 27.7. The second kappa shape index (κ2) is 13.0. The third-order valence-electron chi connectivity index (χ3n) is 10.5. The molecule has 3 aromatic heterocycles. The maximum atomic E-state index is 6.32. The van der Waals surface area contributed by atoms with Gasteiger partial charge in [-0.15, -0.1) is 0 Å². The van der Waals surface area contributed by atoms with E-state index >= 15 is 0 Å². The van der Waals surface area contributed by atoms with Gasteiger partial charge in [-0.25, -0.2) is 15.0 Å². The van der Waals surface area contributed by atoms with Crippen LogP contribution in [0.25, 0.3) is 111 Å². The Bertz CT molecular complexity index is 3250. The summed E-state index contributed by atoms with van der Waals surface area (Å²) in [7, 11) is 0. The normalized spacial score (nSPS) is 11.6. The maximum absolute atomic E-state index is 6.32. The lowest BCUT2D eigenvalue weighted by molar-refractivity contribution is 0.656. The van der Waals surface area contributed by atoms with Crippen molar-refractivity contribution in [2.75, 3.05) is 0 Å². The zero-order valence-electron chi connectivity index (χ0n) is 30.1. The third-order valence-corrected chi connectivity index (χ3v) is 10.5. The van der Waals surface area contributed by atoms with Crippen LogP contribution in [0.2, 0.25) is 0 Å². The van der Waals surface area contributed by atoms with Gasteiger partial charge in [0.1, 0.15) is 22.3 Å². The highest BCUT2D eigenvalue weighted by Crippen LogP contribution is 2.39. The van der Waals surface area contributed by atoms with E-state index in [4.69, 9.17) is 23.8 Å². The van der Waals surface area contributed by atoms with Crippen LogP contribution in [0, 0.1) is 0 Å². The molecular weight excluding hydrogens is 687 g/mol. The average Bonchev–Trinajstić information content (AvgIpc) is 3.83. The summed E-state index contributed by atoms with van der Waals surface area (Å²) in [6, 6.07) is 64.7. The van der Waals surface area contributed by atoms with E-state index in [1.165, 1.54) is 0 Å². The molecule has 0 unspecified atom stereocenters. The summed E-state index contributed by atoms with van der Waals surface area (Å²) < 4.78 is 12.5. The average molecular weight is 718 g/mol. The number of nitrogens with zero attached hydrogens (tertiary/aromatic N) is 3. The van der Waals surface area contributed by atoms with E-state index in [9.17, 15) is 0 Å². The quantitative estimate of drug-likeness (QED) is 0.171. The van der Waals surface area contributed by atoms with Crippen molar-refractivity contribution in [1.82, 2.24) is 15.0 Å². The number of para-hydroxylation sites is 1. The number of rotatable bonds is 6. The number of benzene rings is 8. The lowest BCUT2D eigenvalue weighted by atomic mass is 9.97. The highest BCUT2D eigenvalue weighted by atomic mass is 16.3. The molecule has 11 aromatic rings. The zero-order valence-corrected chi connectivity index (χ0v) is 30.1. The molecule has 0 spiro atoms. The molecule has 0 saturated heterocycles. The maximum Gasteiger partial charge on any atom is 0.164 e. The van der Waals surface area contributed by atoms with Gasteiger partial charge in [0.2, 0.25) is 0 Å². The minimum atomic E-state index is 0.617. The second-order valence-electron chi connectivity index (χ2n) is 14.0. The molecule has 3 heterocycles.